The summed E-state index contributed by atoms with van der Waals surface area (Å²) in [5.74, 6) is 6.10. The Morgan fingerprint density at radius 1 is 1.86 bits per heavy atom. The van der Waals surface area contributed by atoms with E-state index < -0.39 is 0 Å². The quantitative estimate of drug-likeness (QED) is 0.433. The second-order valence-corrected chi connectivity index (χ2v) is 2.06. The lowest BCUT2D eigenvalue weighted by Gasteiger charge is -2.17. The molecule has 0 bridgehead atoms. The monoisotopic (exact) mass is 117 g/mol. The molecule has 0 fully saturated rings. The van der Waals surface area contributed by atoms with E-state index in [1.165, 1.54) is 5.12 Å². The first-order chi connectivity index (χ1) is 3.39. The number of thioether (sulfide) groups is 1. The lowest BCUT2D eigenvalue weighted by Crippen LogP contribution is -2.41. The van der Waals surface area contributed by atoms with Gasteiger partial charge >= 0.3 is 0 Å². The van der Waals surface area contributed by atoms with Gasteiger partial charge in [-0.2, -0.15) is 5.12 Å². The van der Waals surface area contributed by atoms with Gasteiger partial charge in [0.05, 0.1) is 5.88 Å². The van der Waals surface area contributed by atoms with Crippen LogP contribution in [-0.4, -0.2) is 11.0 Å². The first kappa shape index (κ1) is 4.96. The van der Waals surface area contributed by atoms with Crippen molar-refractivity contribution >= 4 is 11.8 Å². The molecule has 40 valence electrons. The van der Waals surface area contributed by atoms with E-state index >= 15 is 0 Å². The average molecular weight is 117 g/mol. The van der Waals surface area contributed by atoms with Gasteiger partial charge in [-0.3, -0.25) is 0 Å². The van der Waals surface area contributed by atoms with Crippen molar-refractivity contribution in [2.45, 2.75) is 0 Å². The van der Waals surface area contributed by atoms with Crippen molar-refractivity contribution in [2.75, 3.05) is 5.88 Å². The fraction of sp³-hybridized carbons (Fsp3) is 0.333. The number of nitrogens with one attached hydrogen (secondary N) is 1. The summed E-state index contributed by atoms with van der Waals surface area (Å²) in [4.78, 5) is 0. The zero-order valence-corrected chi connectivity index (χ0v) is 4.61. The first-order valence-electron chi connectivity index (χ1n) is 1.94. The van der Waals surface area contributed by atoms with Crippen molar-refractivity contribution in [1.82, 2.24) is 10.5 Å². The fourth-order valence-corrected chi connectivity index (χ4v) is 0.813. The van der Waals surface area contributed by atoms with Crippen LogP contribution in [0, 0.1) is 0 Å². The van der Waals surface area contributed by atoms with Gasteiger partial charge in [0, 0.05) is 6.20 Å². The topological polar surface area (TPSA) is 41.3 Å². The summed E-state index contributed by atoms with van der Waals surface area (Å²) in [7, 11) is 0. The highest BCUT2D eigenvalue weighted by Crippen LogP contribution is 2.03. The predicted molar refractivity (Wildman–Crippen MR) is 30.8 cm³/mol. The highest BCUT2D eigenvalue weighted by molar-refractivity contribution is 8.02. The lowest BCUT2D eigenvalue weighted by atomic mass is 11.0. The molecule has 0 aliphatic carbocycles. The molecule has 0 aromatic heterocycles. The summed E-state index contributed by atoms with van der Waals surface area (Å²) < 4.78 is 0. The van der Waals surface area contributed by atoms with Crippen molar-refractivity contribution in [3.8, 4) is 0 Å². The molecule has 1 heterocycles. The summed E-state index contributed by atoms with van der Waals surface area (Å²) in [6, 6.07) is 0. The van der Waals surface area contributed by atoms with Gasteiger partial charge in [-0.05, 0) is 5.41 Å². The smallest absolute Gasteiger partial charge is 0.0832 e. The van der Waals surface area contributed by atoms with Crippen molar-refractivity contribution in [3.05, 3.63) is 11.6 Å². The molecule has 0 saturated heterocycles. The van der Waals surface area contributed by atoms with Crippen LogP contribution in [0.3, 0.4) is 0 Å². The van der Waals surface area contributed by atoms with E-state index in [2.05, 4.69) is 5.43 Å². The van der Waals surface area contributed by atoms with E-state index in [4.69, 9.17) is 5.84 Å². The Morgan fingerprint density at radius 3 is 3.00 bits per heavy atom. The van der Waals surface area contributed by atoms with Crippen LogP contribution in [-0.2, 0) is 0 Å². The number of hydrogen-bond acceptors (Lipinski definition) is 4. The highest BCUT2D eigenvalue weighted by Gasteiger charge is 1.95. The molecule has 3 nitrogen and oxygen atoms in total. The summed E-state index contributed by atoms with van der Waals surface area (Å²) in [5, 5.41) is 3.48. The Morgan fingerprint density at radius 2 is 2.71 bits per heavy atom. The van der Waals surface area contributed by atoms with Crippen LogP contribution in [0.5, 0.6) is 0 Å². The second kappa shape index (κ2) is 2.20. The third-order valence-corrected chi connectivity index (χ3v) is 1.37. The van der Waals surface area contributed by atoms with Gasteiger partial charge in [0.25, 0.3) is 0 Å². The molecular weight excluding hydrogens is 110 g/mol. The molecule has 0 saturated carbocycles. The molecule has 0 radical (unpaired) electrons. The maximum atomic E-state index is 5.28. The molecule has 0 aromatic rings. The maximum absolute atomic E-state index is 5.28. The number of hydrazine groups is 2. The Bertz CT molecular complexity index is 82.2. The van der Waals surface area contributed by atoms with Gasteiger partial charge in [0.2, 0.25) is 0 Å². The zero-order valence-electron chi connectivity index (χ0n) is 3.79. The molecule has 0 atom stereocenters. The summed E-state index contributed by atoms with van der Waals surface area (Å²) in [6.45, 7) is 0. The normalized spacial score (nSPS) is 21.9. The Hall–Kier alpha value is -0.190. The van der Waals surface area contributed by atoms with Crippen LogP contribution < -0.4 is 11.3 Å². The number of nitrogens with two attached hydrogens (primary N) is 1. The molecule has 0 spiro atoms. The van der Waals surface area contributed by atoms with Crippen molar-refractivity contribution < 1.29 is 0 Å². The molecule has 1 rings (SSSR count). The van der Waals surface area contributed by atoms with E-state index in [-0.39, 0.29) is 0 Å². The van der Waals surface area contributed by atoms with E-state index in [0.29, 0.717) is 0 Å². The molecule has 3 N–H and O–H groups in total. The average Bonchev–Trinajstić information content (AvgIpc) is 1.69. The van der Waals surface area contributed by atoms with Gasteiger partial charge in [0.1, 0.15) is 0 Å². The number of hydrogen-bond donors (Lipinski definition) is 2. The minimum Gasteiger partial charge on any atom is -0.312 e. The zero-order chi connectivity index (χ0) is 5.11. The van der Waals surface area contributed by atoms with Crippen molar-refractivity contribution in [1.29, 1.82) is 0 Å². The third-order valence-electron chi connectivity index (χ3n) is 0.618. The molecule has 1 aliphatic heterocycles. The summed E-state index contributed by atoms with van der Waals surface area (Å²) >= 11 is 1.66. The highest BCUT2D eigenvalue weighted by atomic mass is 32.2. The minimum absolute atomic E-state index is 0.816. The van der Waals surface area contributed by atoms with Gasteiger partial charge in [-0.25, -0.2) is 5.84 Å². The summed E-state index contributed by atoms with van der Waals surface area (Å²) in [5.41, 5.74) is 2.79. The minimum atomic E-state index is 0.816. The van der Waals surface area contributed by atoms with Crippen LogP contribution in [0.1, 0.15) is 0 Å². The largest absolute Gasteiger partial charge is 0.312 e. The first-order valence-corrected chi connectivity index (χ1v) is 2.99. The number of nitrogens with zero attached hydrogens (tertiary/aromatic N) is 1. The van der Waals surface area contributed by atoms with Gasteiger partial charge < -0.3 is 5.43 Å². The molecular formula is C3H7N3S. The van der Waals surface area contributed by atoms with E-state index in [9.17, 15) is 0 Å². The Kier molecular flexibility index (Phi) is 1.56. The summed E-state index contributed by atoms with van der Waals surface area (Å²) in [6.07, 6.45) is 1.80. The van der Waals surface area contributed by atoms with Crippen molar-refractivity contribution in [2.24, 2.45) is 5.84 Å². The van der Waals surface area contributed by atoms with E-state index in [1.807, 2.05) is 5.41 Å². The molecule has 7 heavy (non-hydrogen) atoms. The van der Waals surface area contributed by atoms with Gasteiger partial charge in [-0.15, -0.1) is 11.8 Å². The Labute approximate surface area is 46.5 Å². The SMILES string of the molecule is NN1CSC=CN1. The number of rotatable bonds is 0. The van der Waals surface area contributed by atoms with Crippen LogP contribution in [0.25, 0.3) is 0 Å². The maximum Gasteiger partial charge on any atom is 0.0832 e. The van der Waals surface area contributed by atoms with Crippen LogP contribution in [0.15, 0.2) is 11.6 Å². The van der Waals surface area contributed by atoms with Crippen LogP contribution in [0.2, 0.25) is 0 Å². The standard InChI is InChI=1S/C3H7N3S/c4-6-3-7-2-1-5-6/h1-2,5H,3-4H2. The van der Waals surface area contributed by atoms with Gasteiger partial charge in [-0.1, -0.05) is 0 Å². The molecule has 0 amide bonds. The third kappa shape index (κ3) is 1.38. The van der Waals surface area contributed by atoms with Gasteiger partial charge in [0.15, 0.2) is 0 Å². The molecule has 4 heteroatoms. The Balaban J connectivity index is 2.32. The van der Waals surface area contributed by atoms with Crippen LogP contribution >= 0.6 is 11.8 Å². The van der Waals surface area contributed by atoms with Crippen LogP contribution in [0.4, 0.5) is 0 Å². The predicted octanol–water partition coefficient (Wildman–Crippen LogP) is -0.158. The lowest BCUT2D eigenvalue weighted by molar-refractivity contribution is 0.271. The fourth-order valence-electron chi connectivity index (χ4n) is 0.335. The molecule has 0 unspecified atom stereocenters. The van der Waals surface area contributed by atoms with E-state index in [1.54, 1.807) is 18.0 Å². The molecule has 1 aliphatic rings. The van der Waals surface area contributed by atoms with Crippen molar-refractivity contribution in [3.63, 3.8) is 0 Å². The molecule has 0 aromatic carbocycles. The van der Waals surface area contributed by atoms with E-state index in [0.717, 1.165) is 5.88 Å². The second-order valence-electron chi connectivity index (χ2n) is 1.20.